The molecule has 5 heteroatoms. The SMILES string of the molecule is CC1CCC(NS(=O)(=O)Cc2ccc(C#N)cc2)C1C. The molecule has 1 N–H and O–H groups in total. The van der Waals surface area contributed by atoms with E-state index in [1.54, 1.807) is 24.3 Å². The summed E-state index contributed by atoms with van der Waals surface area (Å²) in [5.74, 6) is 0.916. The van der Waals surface area contributed by atoms with Gasteiger partial charge in [0.05, 0.1) is 17.4 Å². The van der Waals surface area contributed by atoms with Crippen LogP contribution in [-0.2, 0) is 15.8 Å². The molecule has 2 rings (SSSR count). The van der Waals surface area contributed by atoms with Crippen molar-refractivity contribution in [2.45, 2.75) is 38.5 Å². The highest BCUT2D eigenvalue weighted by Gasteiger charge is 2.32. The van der Waals surface area contributed by atoms with Crippen molar-refractivity contribution in [2.75, 3.05) is 0 Å². The van der Waals surface area contributed by atoms with Gasteiger partial charge in [0.2, 0.25) is 10.0 Å². The standard InChI is InChI=1S/C15H20N2O2S/c1-11-3-8-15(12(11)2)17-20(18,19)10-14-6-4-13(9-16)5-7-14/h4-7,11-12,15,17H,3,8,10H2,1-2H3. The highest BCUT2D eigenvalue weighted by molar-refractivity contribution is 7.88. The van der Waals surface area contributed by atoms with Gasteiger partial charge >= 0.3 is 0 Å². The Kier molecular flexibility index (Phi) is 4.46. The van der Waals surface area contributed by atoms with Gasteiger partial charge in [0.1, 0.15) is 0 Å². The van der Waals surface area contributed by atoms with E-state index in [-0.39, 0.29) is 11.8 Å². The molecule has 0 spiro atoms. The lowest BCUT2D eigenvalue weighted by atomic mass is 9.98. The van der Waals surface area contributed by atoms with Crippen LogP contribution in [0.25, 0.3) is 0 Å². The van der Waals surface area contributed by atoms with Crippen LogP contribution in [-0.4, -0.2) is 14.5 Å². The summed E-state index contributed by atoms with van der Waals surface area (Å²) >= 11 is 0. The van der Waals surface area contributed by atoms with E-state index in [1.807, 2.05) is 6.07 Å². The molecule has 20 heavy (non-hydrogen) atoms. The quantitative estimate of drug-likeness (QED) is 0.926. The first-order valence-corrected chi connectivity index (χ1v) is 8.55. The Bertz CT molecular complexity index is 602. The molecular formula is C15H20N2O2S. The second-order valence-corrected chi connectivity index (χ2v) is 7.46. The normalized spacial score (nSPS) is 26.4. The molecule has 0 radical (unpaired) electrons. The average molecular weight is 292 g/mol. The van der Waals surface area contributed by atoms with E-state index in [9.17, 15) is 8.42 Å². The predicted molar refractivity (Wildman–Crippen MR) is 78.3 cm³/mol. The first-order chi connectivity index (χ1) is 9.41. The van der Waals surface area contributed by atoms with Crippen molar-refractivity contribution >= 4 is 10.0 Å². The van der Waals surface area contributed by atoms with Gasteiger partial charge < -0.3 is 0 Å². The highest BCUT2D eigenvalue weighted by Crippen LogP contribution is 2.31. The number of hydrogen-bond acceptors (Lipinski definition) is 3. The third-order valence-electron chi connectivity index (χ3n) is 4.24. The Morgan fingerprint density at radius 1 is 1.25 bits per heavy atom. The molecule has 1 aromatic carbocycles. The van der Waals surface area contributed by atoms with Crippen molar-refractivity contribution in [3.63, 3.8) is 0 Å². The molecule has 4 nitrogen and oxygen atoms in total. The molecule has 3 unspecified atom stereocenters. The topological polar surface area (TPSA) is 70.0 Å². The van der Waals surface area contributed by atoms with Crippen molar-refractivity contribution in [2.24, 2.45) is 11.8 Å². The van der Waals surface area contributed by atoms with E-state index in [2.05, 4.69) is 18.6 Å². The third-order valence-corrected chi connectivity index (χ3v) is 5.61. The van der Waals surface area contributed by atoms with E-state index >= 15 is 0 Å². The van der Waals surface area contributed by atoms with Crippen molar-refractivity contribution in [3.05, 3.63) is 35.4 Å². The van der Waals surface area contributed by atoms with Crippen LogP contribution in [0.4, 0.5) is 0 Å². The van der Waals surface area contributed by atoms with Gasteiger partial charge in [-0.3, -0.25) is 0 Å². The van der Waals surface area contributed by atoms with Crippen molar-refractivity contribution in [1.29, 1.82) is 5.26 Å². The monoisotopic (exact) mass is 292 g/mol. The fourth-order valence-corrected chi connectivity index (χ4v) is 4.21. The molecular weight excluding hydrogens is 272 g/mol. The smallest absolute Gasteiger partial charge is 0.212 e. The van der Waals surface area contributed by atoms with Crippen LogP contribution in [0.3, 0.4) is 0 Å². The molecule has 0 amide bonds. The molecule has 1 fully saturated rings. The number of benzene rings is 1. The number of nitrogens with zero attached hydrogens (tertiary/aromatic N) is 1. The first kappa shape index (κ1) is 15.0. The Hall–Kier alpha value is -1.38. The maximum absolute atomic E-state index is 12.2. The fraction of sp³-hybridized carbons (Fsp3) is 0.533. The molecule has 3 atom stereocenters. The van der Waals surface area contributed by atoms with Crippen LogP contribution in [0.2, 0.25) is 0 Å². The Morgan fingerprint density at radius 3 is 2.40 bits per heavy atom. The number of sulfonamides is 1. The second-order valence-electron chi connectivity index (χ2n) is 5.71. The first-order valence-electron chi connectivity index (χ1n) is 6.90. The molecule has 108 valence electrons. The Morgan fingerprint density at radius 2 is 1.90 bits per heavy atom. The van der Waals surface area contributed by atoms with Gasteiger partial charge in [-0.15, -0.1) is 0 Å². The predicted octanol–water partition coefficient (Wildman–Crippen LogP) is 2.41. The molecule has 0 saturated heterocycles. The largest absolute Gasteiger partial charge is 0.216 e. The van der Waals surface area contributed by atoms with Crippen molar-refractivity contribution in [1.82, 2.24) is 4.72 Å². The van der Waals surface area contributed by atoms with Crippen LogP contribution in [0.1, 0.15) is 37.8 Å². The van der Waals surface area contributed by atoms with Crippen LogP contribution >= 0.6 is 0 Å². The van der Waals surface area contributed by atoms with E-state index in [0.29, 0.717) is 23.0 Å². The zero-order valence-electron chi connectivity index (χ0n) is 11.8. The minimum absolute atomic E-state index is 0.0314. The maximum atomic E-state index is 12.2. The lowest BCUT2D eigenvalue weighted by Crippen LogP contribution is -2.37. The Balaban J connectivity index is 2.02. The number of nitriles is 1. The summed E-state index contributed by atoms with van der Waals surface area (Å²) in [5.41, 5.74) is 1.24. The van der Waals surface area contributed by atoms with Crippen LogP contribution < -0.4 is 4.72 Å². The minimum Gasteiger partial charge on any atom is -0.212 e. The zero-order valence-corrected chi connectivity index (χ0v) is 12.7. The summed E-state index contributed by atoms with van der Waals surface area (Å²) in [4.78, 5) is 0. The summed E-state index contributed by atoms with van der Waals surface area (Å²) in [5, 5.41) is 8.72. The van der Waals surface area contributed by atoms with Crippen molar-refractivity contribution < 1.29 is 8.42 Å². The molecule has 0 heterocycles. The number of hydrogen-bond donors (Lipinski definition) is 1. The summed E-state index contributed by atoms with van der Waals surface area (Å²) < 4.78 is 27.2. The molecule has 0 bridgehead atoms. The highest BCUT2D eigenvalue weighted by atomic mass is 32.2. The summed E-state index contributed by atoms with van der Waals surface area (Å²) in [6.07, 6.45) is 1.99. The van der Waals surface area contributed by atoms with Crippen LogP contribution in [0.5, 0.6) is 0 Å². The molecule has 0 aromatic heterocycles. The van der Waals surface area contributed by atoms with Gasteiger partial charge in [0.15, 0.2) is 0 Å². The van der Waals surface area contributed by atoms with Crippen molar-refractivity contribution in [3.8, 4) is 6.07 Å². The molecule has 1 saturated carbocycles. The maximum Gasteiger partial charge on any atom is 0.216 e. The molecule has 0 aliphatic heterocycles. The van der Waals surface area contributed by atoms with Gasteiger partial charge in [-0.05, 0) is 42.4 Å². The summed E-state index contributed by atoms with van der Waals surface area (Å²) in [6.45, 7) is 4.27. The zero-order chi connectivity index (χ0) is 14.8. The van der Waals surface area contributed by atoms with E-state index < -0.39 is 10.0 Å². The molecule has 1 aromatic rings. The van der Waals surface area contributed by atoms with Gasteiger partial charge in [0.25, 0.3) is 0 Å². The number of nitrogens with one attached hydrogen (secondary N) is 1. The summed E-state index contributed by atoms with van der Waals surface area (Å²) in [6, 6.07) is 8.74. The minimum atomic E-state index is -3.33. The van der Waals surface area contributed by atoms with E-state index in [4.69, 9.17) is 5.26 Å². The van der Waals surface area contributed by atoms with Crippen LogP contribution in [0.15, 0.2) is 24.3 Å². The van der Waals surface area contributed by atoms with E-state index in [1.165, 1.54) is 0 Å². The second kappa shape index (κ2) is 5.94. The van der Waals surface area contributed by atoms with Crippen LogP contribution in [0, 0.1) is 23.2 Å². The third kappa shape index (κ3) is 3.59. The van der Waals surface area contributed by atoms with Gasteiger partial charge in [0, 0.05) is 6.04 Å². The van der Waals surface area contributed by atoms with Gasteiger partial charge in [-0.25, -0.2) is 13.1 Å². The molecule has 1 aliphatic rings. The molecule has 1 aliphatic carbocycles. The lowest BCUT2D eigenvalue weighted by molar-refractivity contribution is 0.402. The van der Waals surface area contributed by atoms with Gasteiger partial charge in [-0.2, -0.15) is 5.26 Å². The van der Waals surface area contributed by atoms with E-state index in [0.717, 1.165) is 12.8 Å². The number of rotatable bonds is 4. The lowest BCUT2D eigenvalue weighted by Gasteiger charge is -2.19. The Labute approximate surface area is 120 Å². The fourth-order valence-electron chi connectivity index (χ4n) is 2.70. The summed E-state index contributed by atoms with van der Waals surface area (Å²) in [7, 11) is -3.33. The average Bonchev–Trinajstić information content (AvgIpc) is 2.71. The van der Waals surface area contributed by atoms with Gasteiger partial charge in [-0.1, -0.05) is 26.0 Å².